The summed E-state index contributed by atoms with van der Waals surface area (Å²) in [5, 5.41) is 0. The lowest BCUT2D eigenvalue weighted by Crippen LogP contribution is -2.08. The Labute approximate surface area is 122 Å². The molecule has 0 saturated carbocycles. The average Bonchev–Trinajstić information content (AvgIpc) is 2.35. The van der Waals surface area contributed by atoms with Gasteiger partial charge in [-0.25, -0.2) is 0 Å². The van der Waals surface area contributed by atoms with Gasteiger partial charge in [0.1, 0.15) is 0 Å². The van der Waals surface area contributed by atoms with Crippen LogP contribution in [0.1, 0.15) is 16.1 Å². The molecule has 0 aliphatic carbocycles. The molecule has 5 heteroatoms. The largest absolute Gasteiger partial charge is 0.398 e. The molecule has 0 saturated heterocycles. The molecule has 0 atom stereocenters. The Hall–Kier alpha value is -1.20. The topological polar surface area (TPSA) is 56.0 Å². The van der Waals surface area contributed by atoms with Gasteiger partial charge in [0.05, 0.1) is 6.42 Å². The van der Waals surface area contributed by atoms with Crippen LogP contribution in [0, 0.1) is 0 Å². The van der Waals surface area contributed by atoms with Crippen molar-refractivity contribution < 1.29 is 4.79 Å². The van der Waals surface area contributed by atoms with Crippen LogP contribution in [0.2, 0.25) is 0 Å². The lowest BCUT2D eigenvalue weighted by atomic mass is 10.0. The van der Waals surface area contributed by atoms with Crippen molar-refractivity contribution in [3.05, 3.63) is 56.7 Å². The number of hydrogen-bond acceptors (Lipinski definition) is 3. The summed E-state index contributed by atoms with van der Waals surface area (Å²) in [4.78, 5) is 16.3. The first-order chi connectivity index (χ1) is 8.56. The van der Waals surface area contributed by atoms with E-state index in [-0.39, 0.29) is 12.2 Å². The molecule has 2 N–H and O–H groups in total. The van der Waals surface area contributed by atoms with Gasteiger partial charge in [0.25, 0.3) is 0 Å². The van der Waals surface area contributed by atoms with Crippen molar-refractivity contribution in [2.45, 2.75) is 6.42 Å². The van der Waals surface area contributed by atoms with Gasteiger partial charge >= 0.3 is 0 Å². The zero-order chi connectivity index (χ0) is 13.1. The average molecular weight is 370 g/mol. The first-order valence-electron chi connectivity index (χ1n) is 5.25. The summed E-state index contributed by atoms with van der Waals surface area (Å²) in [5.74, 6) is -0.0383. The molecule has 2 aromatic rings. The van der Waals surface area contributed by atoms with Crippen LogP contribution in [0.5, 0.6) is 0 Å². The Morgan fingerprint density at radius 2 is 1.89 bits per heavy atom. The summed E-state index contributed by atoms with van der Waals surface area (Å²) < 4.78 is 1.73. The number of Topliss-reactive ketones (excluding diaryl/α,β-unsaturated/α-hetero) is 1. The molecule has 1 aromatic carbocycles. The number of nitrogens with two attached hydrogens (primary N) is 1. The number of benzene rings is 1. The van der Waals surface area contributed by atoms with Crippen molar-refractivity contribution in [1.82, 2.24) is 4.98 Å². The van der Waals surface area contributed by atoms with Gasteiger partial charge in [-0.2, -0.15) is 0 Å². The SMILES string of the molecule is Nc1ccc(Br)cc1C(=O)Cc1ccc(Br)cn1. The number of nitrogen functional groups attached to an aromatic ring is 1. The molecule has 1 aromatic heterocycles. The highest BCUT2D eigenvalue weighted by molar-refractivity contribution is 9.10. The van der Waals surface area contributed by atoms with Crippen LogP contribution < -0.4 is 5.73 Å². The number of pyridine rings is 1. The fourth-order valence-electron chi connectivity index (χ4n) is 1.54. The summed E-state index contributed by atoms with van der Waals surface area (Å²) >= 11 is 6.63. The second-order valence-electron chi connectivity index (χ2n) is 3.80. The highest BCUT2D eigenvalue weighted by Gasteiger charge is 2.11. The first kappa shape index (κ1) is 13.2. The molecule has 0 amide bonds. The first-order valence-corrected chi connectivity index (χ1v) is 6.83. The minimum absolute atomic E-state index is 0.0383. The fourth-order valence-corrected chi connectivity index (χ4v) is 2.14. The molecule has 3 nitrogen and oxygen atoms in total. The lowest BCUT2D eigenvalue weighted by molar-refractivity contribution is 0.0992. The number of halogens is 2. The zero-order valence-corrected chi connectivity index (χ0v) is 12.5. The maximum atomic E-state index is 12.1. The van der Waals surface area contributed by atoms with Crippen LogP contribution in [0.4, 0.5) is 5.69 Å². The third kappa shape index (κ3) is 3.17. The van der Waals surface area contributed by atoms with Gasteiger partial charge in [-0.05, 0) is 46.3 Å². The lowest BCUT2D eigenvalue weighted by Gasteiger charge is -2.05. The predicted molar refractivity (Wildman–Crippen MR) is 78.5 cm³/mol. The van der Waals surface area contributed by atoms with Gasteiger partial charge in [0, 0.05) is 32.1 Å². The molecule has 0 bridgehead atoms. The Morgan fingerprint density at radius 3 is 2.56 bits per heavy atom. The van der Waals surface area contributed by atoms with Gasteiger partial charge in [-0.3, -0.25) is 9.78 Å². The molecular formula is C13H10Br2N2O. The van der Waals surface area contributed by atoms with Crippen molar-refractivity contribution in [1.29, 1.82) is 0 Å². The number of nitrogens with zero attached hydrogens (tertiary/aromatic N) is 1. The molecule has 0 radical (unpaired) electrons. The van der Waals surface area contributed by atoms with Crippen molar-refractivity contribution in [3.8, 4) is 0 Å². The number of rotatable bonds is 3. The number of ketones is 1. The van der Waals surface area contributed by atoms with Crippen LogP contribution in [-0.2, 0) is 6.42 Å². The normalized spacial score (nSPS) is 10.3. The third-order valence-electron chi connectivity index (χ3n) is 2.45. The number of hydrogen-bond donors (Lipinski definition) is 1. The molecule has 0 spiro atoms. The Morgan fingerprint density at radius 1 is 1.17 bits per heavy atom. The van der Waals surface area contributed by atoms with E-state index in [0.29, 0.717) is 11.3 Å². The van der Waals surface area contributed by atoms with Gasteiger partial charge in [0.15, 0.2) is 5.78 Å². The summed E-state index contributed by atoms with van der Waals surface area (Å²) in [6, 6.07) is 8.93. The van der Waals surface area contributed by atoms with E-state index in [1.807, 2.05) is 18.2 Å². The minimum atomic E-state index is -0.0383. The Kier molecular flexibility index (Phi) is 4.14. The number of carbonyl (C=O) groups is 1. The van der Waals surface area contributed by atoms with Gasteiger partial charge < -0.3 is 5.73 Å². The maximum Gasteiger partial charge on any atom is 0.170 e. The Balaban J connectivity index is 2.21. The van der Waals surface area contributed by atoms with Crippen LogP contribution in [-0.4, -0.2) is 10.8 Å². The van der Waals surface area contributed by atoms with Crippen LogP contribution in [0.3, 0.4) is 0 Å². The number of aromatic nitrogens is 1. The van der Waals surface area contributed by atoms with Gasteiger partial charge in [0.2, 0.25) is 0 Å². The van der Waals surface area contributed by atoms with Crippen molar-refractivity contribution in [2.24, 2.45) is 0 Å². The van der Waals surface area contributed by atoms with Crippen molar-refractivity contribution in [3.63, 3.8) is 0 Å². The second kappa shape index (κ2) is 5.63. The number of anilines is 1. The molecule has 92 valence electrons. The van der Waals surface area contributed by atoms with E-state index in [0.717, 1.165) is 14.6 Å². The van der Waals surface area contributed by atoms with E-state index in [2.05, 4.69) is 36.8 Å². The monoisotopic (exact) mass is 368 g/mol. The van der Waals surface area contributed by atoms with Gasteiger partial charge in [-0.1, -0.05) is 15.9 Å². The second-order valence-corrected chi connectivity index (χ2v) is 5.63. The number of carbonyl (C=O) groups excluding carboxylic acids is 1. The fraction of sp³-hybridized carbons (Fsp3) is 0.0769. The summed E-state index contributed by atoms with van der Waals surface area (Å²) in [6.07, 6.45) is 1.92. The standard InChI is InChI=1S/C13H10Br2N2O/c14-8-2-4-12(16)11(5-8)13(18)6-10-3-1-9(15)7-17-10/h1-5,7H,6,16H2. The van der Waals surface area contributed by atoms with E-state index < -0.39 is 0 Å². The van der Waals surface area contributed by atoms with Crippen molar-refractivity contribution >= 4 is 43.3 Å². The maximum absolute atomic E-state index is 12.1. The molecule has 0 unspecified atom stereocenters. The molecule has 18 heavy (non-hydrogen) atoms. The molecular weight excluding hydrogens is 360 g/mol. The van der Waals surface area contributed by atoms with Crippen LogP contribution >= 0.6 is 31.9 Å². The summed E-state index contributed by atoms with van der Waals surface area (Å²) in [6.45, 7) is 0. The van der Waals surface area contributed by atoms with Crippen molar-refractivity contribution in [2.75, 3.05) is 5.73 Å². The van der Waals surface area contributed by atoms with E-state index in [1.54, 1.807) is 18.3 Å². The molecule has 0 fully saturated rings. The molecule has 2 rings (SSSR count). The zero-order valence-electron chi connectivity index (χ0n) is 9.36. The van der Waals surface area contributed by atoms with E-state index in [9.17, 15) is 4.79 Å². The minimum Gasteiger partial charge on any atom is -0.398 e. The summed E-state index contributed by atoms with van der Waals surface area (Å²) in [7, 11) is 0. The van der Waals surface area contributed by atoms with E-state index >= 15 is 0 Å². The molecule has 1 heterocycles. The highest BCUT2D eigenvalue weighted by atomic mass is 79.9. The molecule has 0 aliphatic rings. The van der Waals surface area contributed by atoms with E-state index in [1.165, 1.54) is 0 Å². The van der Waals surface area contributed by atoms with Crippen LogP contribution in [0.15, 0.2) is 45.5 Å². The van der Waals surface area contributed by atoms with Gasteiger partial charge in [-0.15, -0.1) is 0 Å². The third-order valence-corrected chi connectivity index (χ3v) is 3.41. The smallest absolute Gasteiger partial charge is 0.170 e. The summed E-state index contributed by atoms with van der Waals surface area (Å²) in [5.41, 5.74) is 7.53. The molecule has 0 aliphatic heterocycles. The van der Waals surface area contributed by atoms with Crippen LogP contribution in [0.25, 0.3) is 0 Å². The predicted octanol–water partition coefficient (Wildman–Crippen LogP) is 3.61. The quantitative estimate of drug-likeness (QED) is 0.664. The van der Waals surface area contributed by atoms with E-state index in [4.69, 9.17) is 5.73 Å². The highest BCUT2D eigenvalue weighted by Crippen LogP contribution is 2.20. The Bertz CT molecular complexity index is 582.